The Morgan fingerprint density at radius 3 is 2.30 bits per heavy atom. The van der Waals surface area contributed by atoms with Crippen molar-refractivity contribution >= 4 is 11.8 Å². The van der Waals surface area contributed by atoms with Crippen LogP contribution >= 0.6 is 0 Å². The Bertz CT molecular complexity index is 672. The molecule has 0 fully saturated rings. The van der Waals surface area contributed by atoms with Gasteiger partial charge in [0.1, 0.15) is 0 Å². The lowest BCUT2D eigenvalue weighted by Crippen LogP contribution is -2.10. The zero-order valence-electron chi connectivity index (χ0n) is 11.5. The Morgan fingerprint density at radius 1 is 0.950 bits per heavy atom. The first-order chi connectivity index (χ1) is 9.50. The van der Waals surface area contributed by atoms with E-state index in [4.69, 9.17) is 5.11 Å². The molecule has 0 saturated heterocycles. The number of aryl methyl sites for hydroxylation is 1. The third-order valence-corrected chi connectivity index (χ3v) is 3.45. The molecule has 0 unspecified atom stereocenters. The molecule has 0 aromatic heterocycles. The van der Waals surface area contributed by atoms with E-state index in [0.29, 0.717) is 16.7 Å². The molecular formula is C17H16O3. The molecule has 0 aliphatic heterocycles. The summed E-state index contributed by atoms with van der Waals surface area (Å²) in [6.45, 7) is 3.86. The predicted molar refractivity (Wildman–Crippen MR) is 77.1 cm³/mol. The first-order valence-electron chi connectivity index (χ1n) is 6.41. The molecule has 3 nitrogen and oxygen atoms in total. The van der Waals surface area contributed by atoms with Crippen LogP contribution in [-0.4, -0.2) is 16.9 Å². The number of aliphatic carboxylic acids is 1. The zero-order valence-corrected chi connectivity index (χ0v) is 11.5. The van der Waals surface area contributed by atoms with Crippen LogP contribution < -0.4 is 0 Å². The van der Waals surface area contributed by atoms with Gasteiger partial charge in [-0.3, -0.25) is 9.59 Å². The van der Waals surface area contributed by atoms with Gasteiger partial charge < -0.3 is 5.11 Å². The molecule has 0 saturated carbocycles. The summed E-state index contributed by atoms with van der Waals surface area (Å²) in [7, 11) is 0. The summed E-state index contributed by atoms with van der Waals surface area (Å²) in [5.74, 6) is -1.06. The van der Waals surface area contributed by atoms with Gasteiger partial charge in [0.15, 0.2) is 5.78 Å². The fourth-order valence-electron chi connectivity index (χ4n) is 2.20. The molecule has 2 aromatic carbocycles. The second-order valence-corrected chi connectivity index (χ2v) is 4.80. The number of ketones is 1. The van der Waals surface area contributed by atoms with E-state index < -0.39 is 5.97 Å². The standard InChI is InChI=1S/C17H16O3/c1-11-6-5-9-14(12(11)2)17(20)15-8-4-3-7-13(15)10-16(18)19/h3-9H,10H2,1-2H3,(H,18,19). The Morgan fingerprint density at radius 2 is 1.60 bits per heavy atom. The lowest BCUT2D eigenvalue weighted by Gasteiger charge is -2.10. The van der Waals surface area contributed by atoms with Crippen LogP contribution in [0.1, 0.15) is 32.6 Å². The largest absolute Gasteiger partial charge is 0.481 e. The second-order valence-electron chi connectivity index (χ2n) is 4.80. The Balaban J connectivity index is 2.48. The maximum Gasteiger partial charge on any atom is 0.307 e. The molecule has 1 N–H and O–H groups in total. The van der Waals surface area contributed by atoms with Crippen LogP contribution in [0.15, 0.2) is 42.5 Å². The van der Waals surface area contributed by atoms with Crippen molar-refractivity contribution in [2.24, 2.45) is 0 Å². The van der Waals surface area contributed by atoms with Gasteiger partial charge >= 0.3 is 5.97 Å². The van der Waals surface area contributed by atoms with Gasteiger partial charge in [0.2, 0.25) is 0 Å². The first-order valence-corrected chi connectivity index (χ1v) is 6.41. The van der Waals surface area contributed by atoms with Gasteiger partial charge in [-0.05, 0) is 30.5 Å². The maximum absolute atomic E-state index is 12.6. The van der Waals surface area contributed by atoms with Gasteiger partial charge in [0.25, 0.3) is 0 Å². The number of hydrogen-bond donors (Lipinski definition) is 1. The fraction of sp³-hybridized carbons (Fsp3) is 0.176. The number of carbonyl (C=O) groups excluding carboxylic acids is 1. The Labute approximate surface area is 117 Å². The molecule has 102 valence electrons. The summed E-state index contributed by atoms with van der Waals surface area (Å²) in [5, 5.41) is 8.93. The van der Waals surface area contributed by atoms with E-state index in [1.54, 1.807) is 30.3 Å². The first kappa shape index (κ1) is 14.0. The highest BCUT2D eigenvalue weighted by Gasteiger charge is 2.17. The van der Waals surface area contributed by atoms with Crippen LogP contribution in [0.5, 0.6) is 0 Å². The third-order valence-electron chi connectivity index (χ3n) is 3.45. The number of rotatable bonds is 4. The van der Waals surface area contributed by atoms with E-state index in [-0.39, 0.29) is 12.2 Å². The molecule has 0 aliphatic rings. The molecule has 0 heterocycles. The second kappa shape index (κ2) is 5.70. The highest BCUT2D eigenvalue weighted by atomic mass is 16.4. The number of carbonyl (C=O) groups is 2. The molecule has 2 rings (SSSR count). The lowest BCUT2D eigenvalue weighted by molar-refractivity contribution is -0.136. The molecule has 0 atom stereocenters. The van der Waals surface area contributed by atoms with Crippen LogP contribution in [0.25, 0.3) is 0 Å². The quantitative estimate of drug-likeness (QED) is 0.866. The van der Waals surface area contributed by atoms with E-state index >= 15 is 0 Å². The molecule has 0 aliphatic carbocycles. The van der Waals surface area contributed by atoms with Crippen molar-refractivity contribution < 1.29 is 14.7 Å². The fourth-order valence-corrected chi connectivity index (χ4v) is 2.20. The Hall–Kier alpha value is -2.42. The van der Waals surface area contributed by atoms with Crippen molar-refractivity contribution in [1.29, 1.82) is 0 Å². The van der Waals surface area contributed by atoms with Crippen molar-refractivity contribution in [3.8, 4) is 0 Å². The van der Waals surface area contributed by atoms with Gasteiger partial charge in [-0.15, -0.1) is 0 Å². The number of hydrogen-bond acceptors (Lipinski definition) is 2. The molecule has 0 bridgehead atoms. The van der Waals surface area contributed by atoms with Crippen molar-refractivity contribution in [2.45, 2.75) is 20.3 Å². The minimum absolute atomic E-state index is 0.122. The Kier molecular flexibility index (Phi) is 3.99. The minimum Gasteiger partial charge on any atom is -0.481 e. The number of carboxylic acid groups (broad SMARTS) is 1. The maximum atomic E-state index is 12.6. The molecule has 0 radical (unpaired) electrons. The summed E-state index contributed by atoms with van der Waals surface area (Å²) in [6, 6.07) is 12.4. The van der Waals surface area contributed by atoms with Crippen LogP contribution in [0.4, 0.5) is 0 Å². The number of carboxylic acids is 1. The van der Waals surface area contributed by atoms with Gasteiger partial charge in [0.05, 0.1) is 6.42 Å². The van der Waals surface area contributed by atoms with E-state index in [9.17, 15) is 9.59 Å². The number of benzene rings is 2. The molecule has 0 spiro atoms. The molecular weight excluding hydrogens is 252 g/mol. The van der Waals surface area contributed by atoms with Crippen molar-refractivity contribution in [2.75, 3.05) is 0 Å². The molecule has 3 heteroatoms. The molecule has 0 amide bonds. The van der Waals surface area contributed by atoms with E-state index in [2.05, 4.69) is 0 Å². The summed E-state index contributed by atoms with van der Waals surface area (Å²) in [6.07, 6.45) is -0.146. The normalized spacial score (nSPS) is 10.3. The lowest BCUT2D eigenvalue weighted by atomic mass is 9.92. The topological polar surface area (TPSA) is 54.4 Å². The van der Waals surface area contributed by atoms with Crippen molar-refractivity contribution in [3.05, 3.63) is 70.3 Å². The summed E-state index contributed by atoms with van der Waals surface area (Å²) < 4.78 is 0. The van der Waals surface area contributed by atoms with Crippen molar-refractivity contribution in [3.63, 3.8) is 0 Å². The highest BCUT2D eigenvalue weighted by Crippen LogP contribution is 2.20. The van der Waals surface area contributed by atoms with Gasteiger partial charge in [-0.2, -0.15) is 0 Å². The summed E-state index contributed by atoms with van der Waals surface area (Å²) >= 11 is 0. The highest BCUT2D eigenvalue weighted by molar-refractivity contribution is 6.11. The van der Waals surface area contributed by atoms with Crippen LogP contribution in [0.3, 0.4) is 0 Å². The van der Waals surface area contributed by atoms with Crippen molar-refractivity contribution in [1.82, 2.24) is 0 Å². The predicted octanol–water partition coefficient (Wildman–Crippen LogP) is 3.16. The molecule has 2 aromatic rings. The zero-order chi connectivity index (χ0) is 14.7. The average molecular weight is 268 g/mol. The van der Waals surface area contributed by atoms with E-state index in [1.165, 1.54) is 0 Å². The summed E-state index contributed by atoms with van der Waals surface area (Å²) in [4.78, 5) is 23.5. The van der Waals surface area contributed by atoms with Crippen LogP contribution in [-0.2, 0) is 11.2 Å². The monoisotopic (exact) mass is 268 g/mol. The SMILES string of the molecule is Cc1cccc(C(=O)c2ccccc2CC(=O)O)c1C. The third kappa shape index (κ3) is 2.77. The minimum atomic E-state index is -0.939. The van der Waals surface area contributed by atoms with E-state index in [1.807, 2.05) is 26.0 Å². The smallest absolute Gasteiger partial charge is 0.307 e. The van der Waals surface area contributed by atoms with Gasteiger partial charge in [-0.25, -0.2) is 0 Å². The van der Waals surface area contributed by atoms with Crippen LogP contribution in [0.2, 0.25) is 0 Å². The van der Waals surface area contributed by atoms with Gasteiger partial charge in [-0.1, -0.05) is 42.5 Å². The average Bonchev–Trinajstić information content (AvgIpc) is 2.41. The van der Waals surface area contributed by atoms with E-state index in [0.717, 1.165) is 11.1 Å². The molecule has 20 heavy (non-hydrogen) atoms. The van der Waals surface area contributed by atoms with Gasteiger partial charge in [0, 0.05) is 11.1 Å². The van der Waals surface area contributed by atoms with Crippen LogP contribution in [0, 0.1) is 13.8 Å². The summed E-state index contributed by atoms with van der Waals surface area (Å²) in [5.41, 5.74) is 3.62.